The van der Waals surface area contributed by atoms with Crippen molar-refractivity contribution in [2.24, 2.45) is 5.92 Å². The van der Waals surface area contributed by atoms with E-state index in [4.69, 9.17) is 9.15 Å². The fraction of sp³-hybridized carbons (Fsp3) is 0.688. The van der Waals surface area contributed by atoms with Crippen molar-refractivity contribution in [3.05, 3.63) is 24.2 Å². The number of amides is 1. The predicted octanol–water partition coefficient (Wildman–Crippen LogP) is 2.12. The lowest BCUT2D eigenvalue weighted by molar-refractivity contribution is -0.138. The van der Waals surface area contributed by atoms with Crippen molar-refractivity contribution in [1.29, 1.82) is 0 Å². The number of ether oxygens (including phenoxy) is 1. The van der Waals surface area contributed by atoms with Gasteiger partial charge in [0.25, 0.3) is 0 Å². The van der Waals surface area contributed by atoms with Crippen molar-refractivity contribution < 1.29 is 19.1 Å². The third-order valence-corrected chi connectivity index (χ3v) is 4.72. The number of carbonyl (C=O) groups is 1. The SMILES string of the molecule is CC1OCCC1C(=O)N1CCCC1CC(O)c1ccco1. The Morgan fingerprint density at radius 3 is 3.05 bits per heavy atom. The van der Waals surface area contributed by atoms with E-state index in [1.807, 2.05) is 11.8 Å². The Labute approximate surface area is 124 Å². The van der Waals surface area contributed by atoms with Gasteiger partial charge in [0.05, 0.1) is 18.3 Å². The molecule has 0 spiro atoms. The third-order valence-electron chi connectivity index (χ3n) is 4.72. The summed E-state index contributed by atoms with van der Waals surface area (Å²) in [5.74, 6) is 0.743. The fourth-order valence-corrected chi connectivity index (χ4v) is 3.49. The van der Waals surface area contributed by atoms with E-state index in [9.17, 15) is 9.90 Å². The standard InChI is InChI=1S/C16H23NO4/c1-11-13(6-9-20-11)16(19)17-7-2-4-12(17)10-14(18)15-5-3-8-21-15/h3,5,8,11-14,18H,2,4,6-7,9-10H2,1H3. The molecule has 3 rings (SSSR count). The van der Waals surface area contributed by atoms with Gasteiger partial charge in [-0.3, -0.25) is 4.79 Å². The lowest BCUT2D eigenvalue weighted by atomic mass is 9.99. The molecule has 0 bridgehead atoms. The van der Waals surface area contributed by atoms with Crippen molar-refractivity contribution in [1.82, 2.24) is 4.90 Å². The predicted molar refractivity (Wildman–Crippen MR) is 76.5 cm³/mol. The van der Waals surface area contributed by atoms with Crippen LogP contribution in [0, 0.1) is 5.92 Å². The molecule has 3 heterocycles. The number of aliphatic hydroxyl groups excluding tert-OH is 1. The zero-order chi connectivity index (χ0) is 14.8. The summed E-state index contributed by atoms with van der Waals surface area (Å²) in [7, 11) is 0. The first-order valence-corrected chi connectivity index (χ1v) is 7.80. The molecular formula is C16H23NO4. The van der Waals surface area contributed by atoms with E-state index in [-0.39, 0.29) is 24.0 Å². The molecule has 1 aromatic heterocycles. The van der Waals surface area contributed by atoms with Crippen LogP contribution < -0.4 is 0 Å². The van der Waals surface area contributed by atoms with Crippen LogP contribution in [0.3, 0.4) is 0 Å². The Kier molecular flexibility index (Phi) is 4.31. The topological polar surface area (TPSA) is 62.9 Å². The smallest absolute Gasteiger partial charge is 0.228 e. The molecule has 116 valence electrons. The van der Waals surface area contributed by atoms with Crippen LogP contribution in [-0.2, 0) is 9.53 Å². The molecule has 0 aliphatic carbocycles. The van der Waals surface area contributed by atoms with Gasteiger partial charge in [-0.1, -0.05) is 0 Å². The van der Waals surface area contributed by atoms with Gasteiger partial charge in [-0.05, 0) is 38.3 Å². The summed E-state index contributed by atoms with van der Waals surface area (Å²) in [6.45, 7) is 3.43. The van der Waals surface area contributed by atoms with Crippen LogP contribution in [0.25, 0.3) is 0 Å². The van der Waals surface area contributed by atoms with Crippen LogP contribution in [0.5, 0.6) is 0 Å². The zero-order valence-corrected chi connectivity index (χ0v) is 12.4. The molecule has 0 aromatic carbocycles. The van der Waals surface area contributed by atoms with E-state index in [0.29, 0.717) is 18.8 Å². The highest BCUT2D eigenvalue weighted by atomic mass is 16.5. The summed E-state index contributed by atoms with van der Waals surface area (Å²) in [6, 6.07) is 3.65. The largest absolute Gasteiger partial charge is 0.467 e. The first-order valence-electron chi connectivity index (χ1n) is 7.80. The number of rotatable bonds is 4. The summed E-state index contributed by atoms with van der Waals surface area (Å²) in [5.41, 5.74) is 0. The molecule has 2 aliphatic rings. The average molecular weight is 293 g/mol. The monoisotopic (exact) mass is 293 g/mol. The second-order valence-corrected chi connectivity index (χ2v) is 6.07. The lowest BCUT2D eigenvalue weighted by Gasteiger charge is -2.29. The van der Waals surface area contributed by atoms with E-state index in [0.717, 1.165) is 25.8 Å². The maximum atomic E-state index is 12.7. The molecule has 5 nitrogen and oxygen atoms in total. The van der Waals surface area contributed by atoms with Crippen molar-refractivity contribution in [3.8, 4) is 0 Å². The van der Waals surface area contributed by atoms with Gasteiger partial charge in [0, 0.05) is 25.6 Å². The summed E-state index contributed by atoms with van der Waals surface area (Å²) < 4.78 is 10.8. The number of aliphatic hydroxyl groups is 1. The maximum absolute atomic E-state index is 12.7. The van der Waals surface area contributed by atoms with Crippen molar-refractivity contribution >= 4 is 5.91 Å². The van der Waals surface area contributed by atoms with Gasteiger partial charge in [-0.25, -0.2) is 0 Å². The van der Waals surface area contributed by atoms with Crippen LogP contribution in [0.2, 0.25) is 0 Å². The highest BCUT2D eigenvalue weighted by molar-refractivity contribution is 5.80. The van der Waals surface area contributed by atoms with Crippen LogP contribution >= 0.6 is 0 Å². The van der Waals surface area contributed by atoms with Gasteiger partial charge < -0.3 is 19.2 Å². The summed E-state index contributed by atoms with van der Waals surface area (Å²) in [4.78, 5) is 14.6. The van der Waals surface area contributed by atoms with E-state index >= 15 is 0 Å². The van der Waals surface area contributed by atoms with Gasteiger partial charge >= 0.3 is 0 Å². The van der Waals surface area contributed by atoms with Gasteiger partial charge in [-0.15, -0.1) is 0 Å². The Morgan fingerprint density at radius 1 is 1.52 bits per heavy atom. The number of furan rings is 1. The Morgan fingerprint density at radius 2 is 2.38 bits per heavy atom. The molecule has 2 saturated heterocycles. The van der Waals surface area contributed by atoms with Crippen LogP contribution in [0.1, 0.15) is 44.5 Å². The van der Waals surface area contributed by atoms with Crippen LogP contribution in [0.4, 0.5) is 0 Å². The molecule has 1 aromatic rings. The molecule has 21 heavy (non-hydrogen) atoms. The quantitative estimate of drug-likeness (QED) is 0.923. The minimum atomic E-state index is -0.643. The third kappa shape index (κ3) is 2.99. The van der Waals surface area contributed by atoms with Crippen LogP contribution in [0.15, 0.2) is 22.8 Å². The number of nitrogens with zero attached hydrogens (tertiary/aromatic N) is 1. The van der Waals surface area contributed by atoms with E-state index in [1.165, 1.54) is 0 Å². The molecule has 2 fully saturated rings. The Balaban J connectivity index is 1.63. The maximum Gasteiger partial charge on any atom is 0.228 e. The Bertz CT molecular complexity index is 473. The van der Waals surface area contributed by atoms with Crippen molar-refractivity contribution in [2.45, 2.75) is 50.9 Å². The summed E-state index contributed by atoms with van der Waals surface area (Å²) in [5, 5.41) is 10.2. The van der Waals surface area contributed by atoms with Gasteiger partial charge in [0.2, 0.25) is 5.91 Å². The molecular weight excluding hydrogens is 270 g/mol. The highest BCUT2D eigenvalue weighted by Crippen LogP contribution is 2.31. The normalized spacial score (nSPS) is 30.8. The Hall–Kier alpha value is -1.33. The number of hydrogen-bond acceptors (Lipinski definition) is 4. The first-order chi connectivity index (χ1) is 10.2. The second-order valence-electron chi connectivity index (χ2n) is 6.07. The van der Waals surface area contributed by atoms with E-state index in [2.05, 4.69) is 0 Å². The molecule has 4 unspecified atom stereocenters. The van der Waals surface area contributed by atoms with Crippen LogP contribution in [-0.4, -0.2) is 41.2 Å². The summed E-state index contributed by atoms with van der Waals surface area (Å²) >= 11 is 0. The molecule has 0 saturated carbocycles. The zero-order valence-electron chi connectivity index (χ0n) is 12.4. The highest BCUT2D eigenvalue weighted by Gasteiger charge is 2.38. The van der Waals surface area contributed by atoms with Gasteiger partial charge in [-0.2, -0.15) is 0 Å². The molecule has 4 atom stereocenters. The molecule has 2 aliphatic heterocycles. The fourth-order valence-electron chi connectivity index (χ4n) is 3.49. The summed E-state index contributed by atoms with van der Waals surface area (Å²) in [6.07, 6.45) is 4.23. The lowest BCUT2D eigenvalue weighted by Crippen LogP contribution is -2.42. The second kappa shape index (κ2) is 6.20. The molecule has 1 N–H and O–H groups in total. The van der Waals surface area contributed by atoms with Gasteiger partial charge in [0.15, 0.2) is 0 Å². The molecule has 5 heteroatoms. The number of carbonyl (C=O) groups excluding carboxylic acids is 1. The average Bonchev–Trinajstić information content (AvgIpc) is 3.19. The van der Waals surface area contributed by atoms with E-state index in [1.54, 1.807) is 18.4 Å². The minimum absolute atomic E-state index is 0.00810. The number of likely N-dealkylation sites (tertiary alicyclic amines) is 1. The molecule has 1 amide bonds. The first kappa shape index (κ1) is 14.6. The van der Waals surface area contributed by atoms with Gasteiger partial charge in [0.1, 0.15) is 11.9 Å². The minimum Gasteiger partial charge on any atom is -0.467 e. The van der Waals surface area contributed by atoms with Crippen molar-refractivity contribution in [3.63, 3.8) is 0 Å². The number of hydrogen-bond donors (Lipinski definition) is 1. The van der Waals surface area contributed by atoms with Crippen molar-refractivity contribution in [2.75, 3.05) is 13.2 Å². The van der Waals surface area contributed by atoms with E-state index < -0.39 is 6.10 Å². The molecule has 0 radical (unpaired) electrons.